The predicted molar refractivity (Wildman–Crippen MR) is 73.0 cm³/mol. The van der Waals surface area contributed by atoms with E-state index in [-0.39, 0.29) is 11.0 Å². The van der Waals surface area contributed by atoms with Crippen molar-refractivity contribution < 1.29 is 18.0 Å². The molecule has 1 aliphatic rings. The number of hydrogen-bond donors (Lipinski definition) is 2. The van der Waals surface area contributed by atoms with Crippen LogP contribution in [0.25, 0.3) is 11.0 Å². The first-order valence-electron chi connectivity index (χ1n) is 6.51. The van der Waals surface area contributed by atoms with Crippen LogP contribution in [0.3, 0.4) is 0 Å². The zero-order chi connectivity index (χ0) is 15.9. The van der Waals surface area contributed by atoms with Crippen molar-refractivity contribution in [1.82, 2.24) is 15.0 Å². The zero-order valence-electron chi connectivity index (χ0n) is 11.3. The number of nitrogens with two attached hydrogens (primary N) is 1. The van der Waals surface area contributed by atoms with E-state index in [0.717, 1.165) is 6.20 Å². The lowest BCUT2D eigenvalue weighted by Crippen LogP contribution is -2.32. The summed E-state index contributed by atoms with van der Waals surface area (Å²) in [5.41, 5.74) is 4.93. The Hall–Kier alpha value is -2.58. The van der Waals surface area contributed by atoms with Gasteiger partial charge in [0.15, 0.2) is 5.82 Å². The fourth-order valence-corrected chi connectivity index (χ4v) is 2.45. The number of amides is 1. The standard InChI is InChI=1S/C13H12F3N5O/c14-13(15,16)8-5-18-12(10-9(8)19-6-20-10)21-3-1-7(2-4-21)11(17)22/h1,5-6H,2-4H2,(H2,17,22)(H,19,20). The average molecular weight is 311 g/mol. The van der Waals surface area contributed by atoms with Crippen molar-refractivity contribution in [3.63, 3.8) is 0 Å². The number of aromatic amines is 1. The monoisotopic (exact) mass is 311 g/mol. The van der Waals surface area contributed by atoms with E-state index < -0.39 is 17.6 Å². The Bertz CT molecular complexity index is 765. The lowest BCUT2D eigenvalue weighted by atomic mass is 10.1. The number of fused-ring (bicyclic) bond motifs is 1. The molecule has 0 unspecified atom stereocenters. The maximum atomic E-state index is 12.9. The van der Waals surface area contributed by atoms with Gasteiger partial charge in [-0.3, -0.25) is 4.79 Å². The van der Waals surface area contributed by atoms with Gasteiger partial charge in [0.1, 0.15) is 5.52 Å². The molecule has 1 aliphatic heterocycles. The van der Waals surface area contributed by atoms with Gasteiger partial charge in [0, 0.05) is 24.9 Å². The third-order valence-corrected chi connectivity index (χ3v) is 3.57. The molecule has 116 valence electrons. The first-order valence-corrected chi connectivity index (χ1v) is 6.51. The van der Waals surface area contributed by atoms with Crippen LogP contribution in [-0.4, -0.2) is 33.9 Å². The van der Waals surface area contributed by atoms with Crippen molar-refractivity contribution >= 4 is 22.8 Å². The molecule has 0 spiro atoms. The molecule has 0 aromatic carbocycles. The summed E-state index contributed by atoms with van der Waals surface area (Å²) in [6.07, 6.45) is -0.423. The number of nitrogens with zero attached hydrogens (tertiary/aromatic N) is 3. The van der Waals surface area contributed by atoms with Crippen molar-refractivity contribution in [1.29, 1.82) is 0 Å². The van der Waals surface area contributed by atoms with Crippen molar-refractivity contribution in [3.8, 4) is 0 Å². The molecule has 9 heteroatoms. The average Bonchev–Trinajstić information content (AvgIpc) is 2.94. The van der Waals surface area contributed by atoms with Gasteiger partial charge in [-0.15, -0.1) is 0 Å². The van der Waals surface area contributed by atoms with E-state index in [9.17, 15) is 18.0 Å². The van der Waals surface area contributed by atoms with Gasteiger partial charge in [-0.1, -0.05) is 6.08 Å². The summed E-state index contributed by atoms with van der Waals surface area (Å²) in [5.74, 6) is -0.131. The van der Waals surface area contributed by atoms with E-state index in [2.05, 4.69) is 15.0 Å². The molecule has 0 saturated carbocycles. The first kappa shape index (κ1) is 14.4. The maximum Gasteiger partial charge on any atom is 0.419 e. The van der Waals surface area contributed by atoms with E-state index in [4.69, 9.17) is 5.73 Å². The number of nitrogens with one attached hydrogen (secondary N) is 1. The molecule has 0 saturated heterocycles. The lowest BCUT2D eigenvalue weighted by molar-refractivity contribution is -0.136. The minimum atomic E-state index is -4.50. The van der Waals surface area contributed by atoms with Gasteiger partial charge in [0.05, 0.1) is 17.4 Å². The van der Waals surface area contributed by atoms with Gasteiger partial charge in [-0.05, 0) is 6.42 Å². The summed E-state index contributed by atoms with van der Waals surface area (Å²) in [4.78, 5) is 23.2. The number of carbonyl (C=O) groups excluding carboxylic acids is 1. The predicted octanol–water partition coefficient (Wildman–Crippen LogP) is 1.60. The first-order chi connectivity index (χ1) is 10.4. The van der Waals surface area contributed by atoms with Gasteiger partial charge in [-0.2, -0.15) is 13.2 Å². The van der Waals surface area contributed by atoms with Gasteiger partial charge in [0.2, 0.25) is 5.91 Å². The lowest BCUT2D eigenvalue weighted by Gasteiger charge is -2.27. The summed E-state index contributed by atoms with van der Waals surface area (Å²) in [5, 5.41) is 0. The second kappa shape index (κ2) is 5.00. The molecule has 3 rings (SSSR count). The van der Waals surface area contributed by atoms with Crippen molar-refractivity contribution in [3.05, 3.63) is 29.7 Å². The van der Waals surface area contributed by atoms with Gasteiger partial charge in [-0.25, -0.2) is 9.97 Å². The van der Waals surface area contributed by atoms with E-state index in [1.54, 1.807) is 11.0 Å². The highest BCUT2D eigenvalue weighted by atomic mass is 19.4. The Morgan fingerprint density at radius 3 is 2.73 bits per heavy atom. The molecular formula is C13H12F3N5O. The number of anilines is 1. The van der Waals surface area contributed by atoms with Gasteiger partial charge >= 0.3 is 6.18 Å². The maximum absolute atomic E-state index is 12.9. The minimum absolute atomic E-state index is 0.0952. The molecule has 0 aliphatic carbocycles. The SMILES string of the molecule is NC(=O)C1=CCN(c2ncc(C(F)(F)F)c3[nH]cnc23)CC1. The second-order valence-electron chi connectivity index (χ2n) is 4.91. The normalized spacial score (nSPS) is 16.0. The van der Waals surface area contributed by atoms with Crippen LogP contribution in [0.1, 0.15) is 12.0 Å². The fourth-order valence-electron chi connectivity index (χ4n) is 2.45. The third kappa shape index (κ3) is 2.38. The summed E-state index contributed by atoms with van der Waals surface area (Å²) in [7, 11) is 0. The number of hydrogen-bond acceptors (Lipinski definition) is 4. The number of H-pyrrole nitrogens is 1. The van der Waals surface area contributed by atoms with Crippen LogP contribution in [0, 0.1) is 0 Å². The Kier molecular flexibility index (Phi) is 3.27. The molecule has 0 radical (unpaired) electrons. The smallest absolute Gasteiger partial charge is 0.366 e. The van der Waals surface area contributed by atoms with Crippen LogP contribution in [0.4, 0.5) is 19.0 Å². The summed E-state index contributed by atoms with van der Waals surface area (Å²) in [6.45, 7) is 0.785. The van der Waals surface area contributed by atoms with E-state index in [1.165, 1.54) is 6.33 Å². The quantitative estimate of drug-likeness (QED) is 0.882. The molecule has 0 bridgehead atoms. The van der Waals surface area contributed by atoms with Crippen molar-refractivity contribution in [2.24, 2.45) is 5.73 Å². The largest absolute Gasteiger partial charge is 0.419 e. The number of imidazole rings is 1. The Morgan fingerprint density at radius 1 is 1.36 bits per heavy atom. The van der Waals surface area contributed by atoms with E-state index >= 15 is 0 Å². The number of halogens is 3. The highest BCUT2D eigenvalue weighted by Gasteiger charge is 2.35. The number of carbonyl (C=O) groups is 1. The number of rotatable bonds is 2. The molecule has 3 heterocycles. The topological polar surface area (TPSA) is 87.9 Å². The van der Waals surface area contributed by atoms with E-state index in [0.29, 0.717) is 30.9 Å². The Labute approximate surface area is 122 Å². The molecular weight excluding hydrogens is 299 g/mol. The van der Waals surface area contributed by atoms with Crippen molar-refractivity contribution in [2.45, 2.75) is 12.6 Å². The van der Waals surface area contributed by atoms with Crippen LogP contribution in [0.2, 0.25) is 0 Å². The number of pyridine rings is 1. The third-order valence-electron chi connectivity index (χ3n) is 3.57. The second-order valence-corrected chi connectivity index (χ2v) is 4.91. The molecule has 2 aromatic heterocycles. The van der Waals surface area contributed by atoms with Crippen LogP contribution in [-0.2, 0) is 11.0 Å². The molecule has 0 fully saturated rings. The van der Waals surface area contributed by atoms with Crippen LogP contribution >= 0.6 is 0 Å². The van der Waals surface area contributed by atoms with Crippen molar-refractivity contribution in [2.75, 3.05) is 18.0 Å². The molecule has 6 nitrogen and oxygen atoms in total. The summed E-state index contributed by atoms with van der Waals surface area (Å²) in [6, 6.07) is 0. The molecule has 0 atom stereocenters. The zero-order valence-corrected chi connectivity index (χ0v) is 11.3. The van der Waals surface area contributed by atoms with Crippen LogP contribution in [0.5, 0.6) is 0 Å². The Morgan fingerprint density at radius 2 is 2.14 bits per heavy atom. The summed E-state index contributed by atoms with van der Waals surface area (Å²) >= 11 is 0. The fraction of sp³-hybridized carbons (Fsp3) is 0.308. The number of alkyl halides is 3. The van der Waals surface area contributed by atoms with Crippen LogP contribution < -0.4 is 10.6 Å². The molecule has 2 aromatic rings. The van der Waals surface area contributed by atoms with Gasteiger partial charge < -0.3 is 15.6 Å². The Balaban J connectivity index is 2.00. The van der Waals surface area contributed by atoms with E-state index in [1.807, 2.05) is 0 Å². The highest BCUT2D eigenvalue weighted by Crippen LogP contribution is 2.36. The molecule has 3 N–H and O–H groups in total. The molecule has 22 heavy (non-hydrogen) atoms. The van der Waals surface area contributed by atoms with Gasteiger partial charge in [0.25, 0.3) is 0 Å². The highest BCUT2D eigenvalue weighted by molar-refractivity contribution is 5.93. The summed E-state index contributed by atoms with van der Waals surface area (Å²) < 4.78 is 38.8. The molecule has 1 amide bonds. The number of aromatic nitrogens is 3. The van der Waals surface area contributed by atoms with Crippen LogP contribution in [0.15, 0.2) is 24.2 Å². The number of primary amides is 1. The minimum Gasteiger partial charge on any atom is -0.366 e.